The molecule has 0 atom stereocenters. The van der Waals surface area contributed by atoms with Gasteiger partial charge in [0, 0.05) is 6.07 Å². The maximum atomic E-state index is 10.4. The van der Waals surface area contributed by atoms with E-state index in [0.29, 0.717) is 0 Å². The molecule has 0 unspecified atom stereocenters. The topological polar surface area (TPSA) is 50.4 Å². The molecule has 1 aromatic heterocycles. The zero-order valence-corrected chi connectivity index (χ0v) is 5.05. The minimum absolute atomic E-state index is 0.0298. The van der Waals surface area contributed by atoms with Gasteiger partial charge in [-0.3, -0.25) is 4.79 Å². The Labute approximate surface area is 55.5 Å². The Morgan fingerprint density at radius 3 is 2.78 bits per heavy atom. The molecule has 9 heavy (non-hydrogen) atoms. The lowest BCUT2D eigenvalue weighted by Crippen LogP contribution is -1.95. The largest absolute Gasteiger partial charge is 0.502 e. The smallest absolute Gasteiger partial charge is 0.228 e. The molecule has 0 aliphatic carbocycles. The molecule has 1 heterocycles. The van der Waals surface area contributed by atoms with Gasteiger partial charge in [-0.2, -0.15) is 0 Å². The van der Waals surface area contributed by atoms with Gasteiger partial charge in [-0.15, -0.1) is 0 Å². The summed E-state index contributed by atoms with van der Waals surface area (Å²) in [5.41, 5.74) is -0.536. The summed E-state index contributed by atoms with van der Waals surface area (Å²) >= 11 is 5.24. The highest BCUT2D eigenvalue weighted by atomic mass is 35.5. The Morgan fingerprint density at radius 1 is 1.67 bits per heavy atom. The first-order valence-corrected chi connectivity index (χ1v) is 2.55. The Hall–Kier alpha value is -0.960. The van der Waals surface area contributed by atoms with Crippen LogP contribution in [0.4, 0.5) is 0 Å². The van der Waals surface area contributed by atoms with Crippen molar-refractivity contribution in [1.29, 1.82) is 0 Å². The molecule has 0 bridgehead atoms. The predicted molar refractivity (Wildman–Crippen MR) is 31.7 cm³/mol. The van der Waals surface area contributed by atoms with Gasteiger partial charge in [0.25, 0.3) is 0 Å². The van der Waals surface area contributed by atoms with Gasteiger partial charge < -0.3 is 9.52 Å². The predicted octanol–water partition coefficient (Wildman–Crippen LogP) is 0.999. The van der Waals surface area contributed by atoms with E-state index in [1.54, 1.807) is 0 Å². The molecule has 4 heteroatoms. The van der Waals surface area contributed by atoms with Crippen molar-refractivity contribution in [3.05, 3.63) is 27.8 Å². The van der Waals surface area contributed by atoms with Gasteiger partial charge in [-0.05, 0) is 11.6 Å². The summed E-state index contributed by atoms with van der Waals surface area (Å²) < 4.78 is 4.45. The molecule has 0 radical (unpaired) electrons. The van der Waals surface area contributed by atoms with Gasteiger partial charge >= 0.3 is 0 Å². The van der Waals surface area contributed by atoms with Crippen molar-refractivity contribution in [2.75, 3.05) is 0 Å². The monoisotopic (exact) mass is 146 g/mol. The second-order valence-corrected chi connectivity index (χ2v) is 1.81. The first kappa shape index (κ1) is 6.16. The summed E-state index contributed by atoms with van der Waals surface area (Å²) in [7, 11) is 0. The van der Waals surface area contributed by atoms with Gasteiger partial charge in [0.2, 0.25) is 5.43 Å². The van der Waals surface area contributed by atoms with Crippen LogP contribution >= 0.6 is 11.6 Å². The second kappa shape index (κ2) is 2.11. The van der Waals surface area contributed by atoms with Gasteiger partial charge in [-0.1, -0.05) is 0 Å². The van der Waals surface area contributed by atoms with E-state index >= 15 is 0 Å². The van der Waals surface area contributed by atoms with E-state index in [9.17, 15) is 4.79 Å². The first-order chi connectivity index (χ1) is 4.20. The van der Waals surface area contributed by atoms with Gasteiger partial charge in [0.1, 0.15) is 6.26 Å². The summed E-state index contributed by atoms with van der Waals surface area (Å²) in [6.45, 7) is 0. The third-order valence-electron chi connectivity index (χ3n) is 0.780. The molecule has 48 valence electrons. The Balaban J connectivity index is 3.34. The normalized spacial score (nSPS) is 9.44. The molecule has 1 aromatic rings. The zero-order chi connectivity index (χ0) is 6.85. The van der Waals surface area contributed by atoms with E-state index in [4.69, 9.17) is 16.7 Å². The summed E-state index contributed by atoms with van der Waals surface area (Å²) in [4.78, 5) is 10.4. The van der Waals surface area contributed by atoms with Crippen molar-refractivity contribution < 1.29 is 9.52 Å². The van der Waals surface area contributed by atoms with Crippen LogP contribution in [-0.2, 0) is 0 Å². The van der Waals surface area contributed by atoms with Crippen molar-refractivity contribution in [2.45, 2.75) is 0 Å². The molecule has 1 rings (SSSR count). The average Bonchev–Trinajstić information content (AvgIpc) is 1.80. The van der Waals surface area contributed by atoms with Crippen LogP contribution in [0.25, 0.3) is 0 Å². The number of halogens is 1. The fourth-order valence-electron chi connectivity index (χ4n) is 0.381. The third kappa shape index (κ3) is 1.23. The van der Waals surface area contributed by atoms with Gasteiger partial charge in [0.05, 0.1) is 0 Å². The lowest BCUT2D eigenvalue weighted by atomic mass is 10.5. The van der Waals surface area contributed by atoms with Gasteiger partial charge in [-0.25, -0.2) is 0 Å². The minimum atomic E-state index is -0.536. The van der Waals surface area contributed by atoms with Crippen LogP contribution < -0.4 is 5.43 Å². The molecule has 3 nitrogen and oxygen atoms in total. The number of aromatic hydroxyl groups is 1. The molecule has 0 aromatic carbocycles. The molecule has 1 N–H and O–H groups in total. The highest BCUT2D eigenvalue weighted by Crippen LogP contribution is 2.07. The molecule has 0 saturated heterocycles. The number of hydrogen-bond donors (Lipinski definition) is 1. The zero-order valence-electron chi connectivity index (χ0n) is 4.30. The first-order valence-electron chi connectivity index (χ1n) is 2.17. The van der Waals surface area contributed by atoms with Gasteiger partial charge in [0.15, 0.2) is 11.0 Å². The highest BCUT2D eigenvalue weighted by molar-refractivity contribution is 6.28. The van der Waals surface area contributed by atoms with Crippen LogP contribution in [0.3, 0.4) is 0 Å². The molecule has 0 aliphatic rings. The summed E-state index contributed by atoms with van der Waals surface area (Å²) in [5, 5.41) is 8.55. The van der Waals surface area contributed by atoms with E-state index in [1.165, 1.54) is 0 Å². The van der Waals surface area contributed by atoms with Crippen LogP contribution in [0.15, 0.2) is 21.5 Å². The molecule has 0 saturated carbocycles. The van der Waals surface area contributed by atoms with Crippen LogP contribution in [0.2, 0.25) is 5.22 Å². The van der Waals surface area contributed by atoms with E-state index in [2.05, 4.69) is 4.42 Å². The fourth-order valence-corrected chi connectivity index (χ4v) is 0.525. The molecule has 0 amide bonds. The standard InChI is InChI=1S/C5H3ClO3/c6-5-1-3(7)4(8)2-9-5/h1-2,8H. The quantitative estimate of drug-likeness (QED) is 0.594. The molecular weight excluding hydrogens is 144 g/mol. The maximum Gasteiger partial charge on any atom is 0.228 e. The molecule has 0 fully saturated rings. The summed E-state index contributed by atoms with van der Waals surface area (Å²) in [5.74, 6) is -0.431. The highest BCUT2D eigenvalue weighted by Gasteiger charge is 1.96. The van der Waals surface area contributed by atoms with Crippen molar-refractivity contribution in [1.82, 2.24) is 0 Å². The van der Waals surface area contributed by atoms with Crippen LogP contribution in [0.1, 0.15) is 0 Å². The number of hydrogen-bond acceptors (Lipinski definition) is 3. The average molecular weight is 147 g/mol. The van der Waals surface area contributed by atoms with E-state index < -0.39 is 11.2 Å². The van der Waals surface area contributed by atoms with Crippen molar-refractivity contribution in [3.8, 4) is 5.75 Å². The van der Waals surface area contributed by atoms with E-state index in [-0.39, 0.29) is 5.22 Å². The van der Waals surface area contributed by atoms with Crippen LogP contribution in [0, 0.1) is 0 Å². The Kier molecular flexibility index (Phi) is 1.44. The minimum Gasteiger partial charge on any atom is -0.502 e. The molecule has 0 aliphatic heterocycles. The van der Waals surface area contributed by atoms with Crippen LogP contribution in [0.5, 0.6) is 5.75 Å². The fraction of sp³-hybridized carbons (Fsp3) is 0. The van der Waals surface area contributed by atoms with E-state index in [0.717, 1.165) is 12.3 Å². The van der Waals surface area contributed by atoms with E-state index in [1.807, 2.05) is 0 Å². The van der Waals surface area contributed by atoms with Crippen molar-refractivity contribution in [3.63, 3.8) is 0 Å². The Bertz CT molecular complexity index is 265. The molecule has 0 spiro atoms. The number of rotatable bonds is 0. The SMILES string of the molecule is O=c1cc(Cl)occ1O. The molecular formula is C5H3ClO3. The Morgan fingerprint density at radius 2 is 2.33 bits per heavy atom. The lowest BCUT2D eigenvalue weighted by Gasteiger charge is -1.87. The summed E-state index contributed by atoms with van der Waals surface area (Å²) in [6.07, 6.45) is 0.894. The third-order valence-corrected chi connectivity index (χ3v) is 0.978. The second-order valence-electron chi connectivity index (χ2n) is 1.43. The van der Waals surface area contributed by atoms with Crippen molar-refractivity contribution >= 4 is 11.6 Å². The summed E-state index contributed by atoms with van der Waals surface area (Å²) in [6, 6.07) is 0.997. The van der Waals surface area contributed by atoms with Crippen LogP contribution in [-0.4, -0.2) is 5.11 Å². The lowest BCUT2D eigenvalue weighted by molar-refractivity contribution is 0.430. The van der Waals surface area contributed by atoms with Crippen molar-refractivity contribution in [2.24, 2.45) is 0 Å². The maximum absolute atomic E-state index is 10.4.